The van der Waals surface area contributed by atoms with E-state index in [2.05, 4.69) is 23.5 Å². The van der Waals surface area contributed by atoms with Crippen molar-refractivity contribution in [2.24, 2.45) is 10.4 Å². The number of hydrogen-bond acceptors (Lipinski definition) is 2. The Bertz CT molecular complexity index is 333. The van der Waals surface area contributed by atoms with Crippen LogP contribution in [-0.4, -0.2) is 38.8 Å². The van der Waals surface area contributed by atoms with Crippen LogP contribution >= 0.6 is 24.0 Å². The Hall–Kier alpha value is -0.480. The minimum atomic E-state index is 0. The van der Waals surface area contributed by atoms with Crippen LogP contribution in [0, 0.1) is 17.8 Å². The Morgan fingerprint density at radius 2 is 2.00 bits per heavy atom. The summed E-state index contributed by atoms with van der Waals surface area (Å²) in [5.41, 5.74) is 0.327. The number of terminal acetylenes is 1. The van der Waals surface area contributed by atoms with Gasteiger partial charge in [-0.2, -0.15) is 0 Å². The van der Waals surface area contributed by atoms with Gasteiger partial charge in [0.2, 0.25) is 0 Å². The van der Waals surface area contributed by atoms with E-state index in [1.165, 1.54) is 25.7 Å². The lowest BCUT2D eigenvalue weighted by Gasteiger charge is -2.27. The monoisotopic (exact) mass is 407 g/mol. The van der Waals surface area contributed by atoms with Crippen LogP contribution in [0.15, 0.2) is 4.99 Å². The molecule has 4 nitrogen and oxygen atoms in total. The fourth-order valence-electron chi connectivity index (χ4n) is 2.77. The van der Waals surface area contributed by atoms with Gasteiger partial charge in [0.05, 0.1) is 6.54 Å². The van der Waals surface area contributed by atoms with E-state index in [9.17, 15) is 0 Å². The van der Waals surface area contributed by atoms with Gasteiger partial charge in [0, 0.05) is 26.3 Å². The van der Waals surface area contributed by atoms with E-state index in [1.54, 1.807) is 0 Å². The average Bonchev–Trinajstić information content (AvgIpc) is 2.91. The lowest BCUT2D eigenvalue weighted by Crippen LogP contribution is -2.38. The molecule has 21 heavy (non-hydrogen) atoms. The molecule has 0 heterocycles. The Kier molecular flexibility index (Phi) is 11.8. The SMILES string of the molecule is C#CCNC(=NCC1(CCOCC)CCCC1)NCC.I. The number of rotatable bonds is 8. The zero-order chi connectivity index (χ0) is 14.7. The van der Waals surface area contributed by atoms with Gasteiger partial charge in [0.1, 0.15) is 0 Å². The summed E-state index contributed by atoms with van der Waals surface area (Å²) < 4.78 is 5.53. The quantitative estimate of drug-likeness (QED) is 0.214. The number of aliphatic imine (C=N–C) groups is 1. The number of guanidine groups is 1. The predicted octanol–water partition coefficient (Wildman–Crippen LogP) is 2.78. The predicted molar refractivity (Wildman–Crippen MR) is 100 cm³/mol. The molecule has 2 N–H and O–H groups in total. The Morgan fingerprint density at radius 1 is 1.29 bits per heavy atom. The number of ether oxygens (including phenoxy) is 1. The van der Waals surface area contributed by atoms with Crippen molar-refractivity contribution in [3.8, 4) is 12.3 Å². The maximum atomic E-state index is 5.53. The summed E-state index contributed by atoms with van der Waals surface area (Å²) in [6.07, 6.45) is 11.6. The summed E-state index contributed by atoms with van der Waals surface area (Å²) in [5, 5.41) is 6.39. The van der Waals surface area contributed by atoms with Gasteiger partial charge in [-0.25, -0.2) is 0 Å². The minimum absolute atomic E-state index is 0. The van der Waals surface area contributed by atoms with E-state index in [0.29, 0.717) is 12.0 Å². The maximum absolute atomic E-state index is 5.53. The van der Waals surface area contributed by atoms with Crippen LogP contribution in [0.1, 0.15) is 46.0 Å². The van der Waals surface area contributed by atoms with Crippen LogP contribution in [-0.2, 0) is 4.74 Å². The zero-order valence-electron chi connectivity index (χ0n) is 13.4. The molecule has 0 spiro atoms. The molecule has 1 aliphatic carbocycles. The molecule has 0 atom stereocenters. The largest absolute Gasteiger partial charge is 0.382 e. The summed E-state index contributed by atoms with van der Waals surface area (Å²) in [4.78, 5) is 4.73. The van der Waals surface area contributed by atoms with Crippen molar-refractivity contribution in [3.63, 3.8) is 0 Å². The van der Waals surface area contributed by atoms with Crippen molar-refractivity contribution < 1.29 is 4.74 Å². The molecule has 0 unspecified atom stereocenters. The molecule has 0 amide bonds. The van der Waals surface area contributed by atoms with Crippen LogP contribution in [0.25, 0.3) is 0 Å². The van der Waals surface area contributed by atoms with Crippen molar-refractivity contribution in [1.82, 2.24) is 10.6 Å². The summed E-state index contributed by atoms with van der Waals surface area (Å²) in [6.45, 7) is 7.98. The standard InChI is InChI=1S/C16H29N3O.HI/c1-4-12-18-15(17-5-2)19-14-16(9-7-8-10-16)11-13-20-6-3;/h1H,5-14H2,2-3H3,(H2,17,18,19);1H. The summed E-state index contributed by atoms with van der Waals surface area (Å²) in [5.74, 6) is 3.41. The summed E-state index contributed by atoms with van der Waals surface area (Å²) in [7, 11) is 0. The van der Waals surface area contributed by atoms with Crippen molar-refractivity contribution in [2.45, 2.75) is 46.0 Å². The van der Waals surface area contributed by atoms with Crippen molar-refractivity contribution in [3.05, 3.63) is 0 Å². The van der Waals surface area contributed by atoms with Crippen LogP contribution < -0.4 is 10.6 Å². The second kappa shape index (κ2) is 12.1. The molecule has 0 saturated heterocycles. The number of halogens is 1. The molecule has 0 aromatic carbocycles. The van der Waals surface area contributed by atoms with Gasteiger partial charge in [0.25, 0.3) is 0 Å². The molecule has 1 saturated carbocycles. The second-order valence-electron chi connectivity index (χ2n) is 5.41. The van der Waals surface area contributed by atoms with E-state index in [-0.39, 0.29) is 24.0 Å². The van der Waals surface area contributed by atoms with Crippen molar-refractivity contribution >= 4 is 29.9 Å². The first kappa shape index (κ1) is 20.5. The summed E-state index contributed by atoms with van der Waals surface area (Å²) >= 11 is 0. The molecule has 0 bridgehead atoms. The molecule has 0 aromatic rings. The van der Waals surface area contributed by atoms with E-state index in [1.807, 2.05) is 6.92 Å². The van der Waals surface area contributed by atoms with Gasteiger partial charge in [-0.05, 0) is 38.5 Å². The minimum Gasteiger partial charge on any atom is -0.382 e. The van der Waals surface area contributed by atoms with E-state index < -0.39 is 0 Å². The maximum Gasteiger partial charge on any atom is 0.192 e. The highest BCUT2D eigenvalue weighted by molar-refractivity contribution is 14.0. The lowest BCUT2D eigenvalue weighted by molar-refractivity contribution is 0.107. The van der Waals surface area contributed by atoms with Gasteiger partial charge in [-0.15, -0.1) is 30.4 Å². The number of nitrogens with one attached hydrogen (secondary N) is 2. The van der Waals surface area contributed by atoms with Crippen LogP contribution in [0.3, 0.4) is 0 Å². The molecular formula is C16H30IN3O. The highest BCUT2D eigenvalue weighted by atomic mass is 127. The Balaban J connectivity index is 0.00000400. The van der Waals surface area contributed by atoms with Crippen LogP contribution in [0.4, 0.5) is 0 Å². The van der Waals surface area contributed by atoms with Gasteiger partial charge in [-0.3, -0.25) is 4.99 Å². The van der Waals surface area contributed by atoms with E-state index >= 15 is 0 Å². The second-order valence-corrected chi connectivity index (χ2v) is 5.41. The first-order valence-electron chi connectivity index (χ1n) is 7.79. The van der Waals surface area contributed by atoms with Crippen LogP contribution in [0.2, 0.25) is 0 Å². The average molecular weight is 407 g/mol. The molecule has 1 aliphatic rings. The first-order valence-corrected chi connectivity index (χ1v) is 7.79. The number of nitrogens with zero attached hydrogens (tertiary/aromatic N) is 1. The van der Waals surface area contributed by atoms with Crippen molar-refractivity contribution in [1.29, 1.82) is 0 Å². The first-order chi connectivity index (χ1) is 9.76. The molecule has 0 radical (unpaired) electrons. The third-order valence-corrected chi connectivity index (χ3v) is 3.92. The molecule has 1 rings (SSSR count). The Labute approximate surface area is 146 Å². The van der Waals surface area contributed by atoms with Gasteiger partial charge in [0.15, 0.2) is 5.96 Å². The summed E-state index contributed by atoms with van der Waals surface area (Å²) in [6, 6.07) is 0. The highest BCUT2D eigenvalue weighted by Crippen LogP contribution is 2.41. The third kappa shape index (κ3) is 7.91. The van der Waals surface area contributed by atoms with E-state index in [0.717, 1.165) is 38.7 Å². The molecule has 0 aromatic heterocycles. The normalized spacial score (nSPS) is 16.9. The molecule has 0 aliphatic heterocycles. The van der Waals surface area contributed by atoms with E-state index in [4.69, 9.17) is 16.2 Å². The fraction of sp³-hybridized carbons (Fsp3) is 0.812. The zero-order valence-corrected chi connectivity index (χ0v) is 15.7. The van der Waals surface area contributed by atoms with Crippen molar-refractivity contribution in [2.75, 3.05) is 32.8 Å². The molecule has 1 fully saturated rings. The topological polar surface area (TPSA) is 45.7 Å². The van der Waals surface area contributed by atoms with Gasteiger partial charge < -0.3 is 15.4 Å². The number of hydrogen-bond donors (Lipinski definition) is 2. The molecule has 122 valence electrons. The highest BCUT2D eigenvalue weighted by Gasteiger charge is 2.33. The Morgan fingerprint density at radius 3 is 2.57 bits per heavy atom. The third-order valence-electron chi connectivity index (χ3n) is 3.92. The fourth-order valence-corrected chi connectivity index (χ4v) is 2.77. The lowest BCUT2D eigenvalue weighted by atomic mass is 9.83. The van der Waals surface area contributed by atoms with Gasteiger partial charge >= 0.3 is 0 Å². The van der Waals surface area contributed by atoms with Crippen LogP contribution in [0.5, 0.6) is 0 Å². The molecule has 5 heteroatoms. The van der Waals surface area contributed by atoms with Gasteiger partial charge in [-0.1, -0.05) is 18.8 Å². The molecular weight excluding hydrogens is 377 g/mol. The smallest absolute Gasteiger partial charge is 0.192 e.